The molecule has 0 aliphatic heterocycles. The van der Waals surface area contributed by atoms with Crippen LogP contribution in [0, 0.1) is 0 Å². The van der Waals surface area contributed by atoms with Crippen molar-refractivity contribution in [3.8, 4) is 0 Å². The Labute approximate surface area is 103 Å². The van der Waals surface area contributed by atoms with Crippen LogP contribution in [0.4, 0.5) is 0 Å². The normalized spacial score (nSPS) is 12.5. The van der Waals surface area contributed by atoms with Crippen LogP contribution in [0.2, 0.25) is 0 Å². The molecule has 0 spiro atoms. The lowest BCUT2D eigenvalue weighted by atomic mass is 10.1. The first kappa shape index (κ1) is 13.6. The van der Waals surface area contributed by atoms with Gasteiger partial charge in [0.25, 0.3) is 0 Å². The lowest BCUT2D eigenvalue weighted by Crippen LogP contribution is -2.38. The second-order valence-electron chi connectivity index (χ2n) is 3.95. The number of rotatable bonds is 6. The van der Waals surface area contributed by atoms with E-state index in [4.69, 9.17) is 4.74 Å². The average Bonchev–Trinajstić information content (AvgIpc) is 2.31. The summed E-state index contributed by atoms with van der Waals surface area (Å²) in [6.07, 6.45) is 4.30. The molecule has 0 aliphatic rings. The van der Waals surface area contributed by atoms with Crippen molar-refractivity contribution in [1.82, 2.24) is 9.88 Å². The Morgan fingerprint density at radius 1 is 1.53 bits per heavy atom. The molecule has 0 bridgehead atoms. The molecule has 0 aromatic carbocycles. The van der Waals surface area contributed by atoms with Crippen LogP contribution in [0.15, 0.2) is 24.5 Å². The second-order valence-corrected chi connectivity index (χ2v) is 3.95. The first-order valence-corrected chi connectivity index (χ1v) is 5.94. The highest BCUT2D eigenvalue weighted by Gasteiger charge is 2.22. The van der Waals surface area contributed by atoms with Crippen molar-refractivity contribution < 1.29 is 9.53 Å². The summed E-state index contributed by atoms with van der Waals surface area (Å²) >= 11 is 0. The molecule has 0 aliphatic carbocycles. The number of nitrogens with zero attached hydrogens (tertiary/aromatic N) is 2. The van der Waals surface area contributed by atoms with Gasteiger partial charge in [-0.05, 0) is 32.0 Å². The van der Waals surface area contributed by atoms with E-state index in [0.717, 1.165) is 12.0 Å². The first-order valence-electron chi connectivity index (χ1n) is 5.94. The van der Waals surface area contributed by atoms with Gasteiger partial charge in [0.1, 0.15) is 6.04 Å². The van der Waals surface area contributed by atoms with Crippen LogP contribution in [0.1, 0.15) is 25.8 Å². The summed E-state index contributed by atoms with van der Waals surface area (Å²) in [5.74, 6) is -0.151. The van der Waals surface area contributed by atoms with Gasteiger partial charge >= 0.3 is 5.97 Å². The molecule has 1 unspecified atom stereocenters. The maximum Gasteiger partial charge on any atom is 0.323 e. The predicted molar refractivity (Wildman–Crippen MR) is 66.4 cm³/mol. The molecule has 0 saturated carbocycles. The summed E-state index contributed by atoms with van der Waals surface area (Å²) < 4.78 is 5.06. The van der Waals surface area contributed by atoms with E-state index in [1.807, 2.05) is 44.1 Å². The average molecular weight is 236 g/mol. The lowest BCUT2D eigenvalue weighted by molar-refractivity contribution is -0.149. The molecule has 0 radical (unpaired) electrons. The molecule has 4 heteroatoms. The molecular formula is C13H20N2O2. The molecule has 0 N–H and O–H groups in total. The predicted octanol–water partition coefficient (Wildman–Crippen LogP) is 1.86. The summed E-state index contributed by atoms with van der Waals surface area (Å²) in [5.41, 5.74) is 1.10. The van der Waals surface area contributed by atoms with E-state index < -0.39 is 0 Å². The van der Waals surface area contributed by atoms with Gasteiger partial charge in [-0.2, -0.15) is 0 Å². The van der Waals surface area contributed by atoms with Gasteiger partial charge in [0.15, 0.2) is 0 Å². The van der Waals surface area contributed by atoms with E-state index in [-0.39, 0.29) is 12.0 Å². The largest absolute Gasteiger partial charge is 0.465 e. The number of hydrogen-bond acceptors (Lipinski definition) is 4. The van der Waals surface area contributed by atoms with Crippen molar-refractivity contribution in [3.05, 3.63) is 30.1 Å². The summed E-state index contributed by atoms with van der Waals surface area (Å²) in [7, 11) is 1.93. The van der Waals surface area contributed by atoms with Crippen molar-refractivity contribution in [3.63, 3.8) is 0 Å². The summed E-state index contributed by atoms with van der Waals surface area (Å²) in [6.45, 7) is 4.94. The van der Waals surface area contributed by atoms with Gasteiger partial charge in [-0.3, -0.25) is 14.7 Å². The second kappa shape index (κ2) is 7.01. The summed E-state index contributed by atoms with van der Waals surface area (Å²) in [6, 6.07) is 3.71. The topological polar surface area (TPSA) is 42.4 Å². The zero-order valence-corrected chi connectivity index (χ0v) is 10.7. The van der Waals surface area contributed by atoms with Crippen molar-refractivity contribution in [2.24, 2.45) is 0 Å². The number of carbonyl (C=O) groups excluding carboxylic acids is 1. The van der Waals surface area contributed by atoms with Gasteiger partial charge in [-0.1, -0.05) is 13.0 Å². The number of likely N-dealkylation sites (N-methyl/N-ethyl adjacent to an activating group) is 1. The fourth-order valence-electron chi connectivity index (χ4n) is 1.79. The van der Waals surface area contributed by atoms with Crippen molar-refractivity contribution >= 4 is 5.97 Å². The van der Waals surface area contributed by atoms with Gasteiger partial charge in [0, 0.05) is 18.9 Å². The van der Waals surface area contributed by atoms with Crippen molar-refractivity contribution in [2.45, 2.75) is 32.9 Å². The van der Waals surface area contributed by atoms with E-state index in [9.17, 15) is 4.79 Å². The molecule has 1 heterocycles. The number of pyridine rings is 1. The van der Waals surface area contributed by atoms with E-state index in [1.165, 1.54) is 0 Å². The smallest absolute Gasteiger partial charge is 0.323 e. The first-order chi connectivity index (χ1) is 8.19. The van der Waals surface area contributed by atoms with Crippen LogP contribution in [0.5, 0.6) is 0 Å². The molecule has 17 heavy (non-hydrogen) atoms. The minimum absolute atomic E-state index is 0.151. The molecule has 1 rings (SSSR count). The van der Waals surface area contributed by atoms with Gasteiger partial charge < -0.3 is 4.74 Å². The molecule has 0 amide bonds. The Balaban J connectivity index is 2.60. The molecule has 0 saturated heterocycles. The summed E-state index contributed by atoms with van der Waals surface area (Å²) in [5, 5.41) is 0. The molecule has 1 aromatic heterocycles. The molecular weight excluding hydrogens is 216 g/mol. The highest BCUT2D eigenvalue weighted by Crippen LogP contribution is 2.09. The quantitative estimate of drug-likeness (QED) is 0.707. The van der Waals surface area contributed by atoms with Gasteiger partial charge in [-0.25, -0.2) is 0 Å². The van der Waals surface area contributed by atoms with Crippen LogP contribution in [-0.4, -0.2) is 35.5 Å². The van der Waals surface area contributed by atoms with Crippen LogP contribution in [0.25, 0.3) is 0 Å². The third kappa shape index (κ3) is 4.15. The van der Waals surface area contributed by atoms with Gasteiger partial charge in [0.05, 0.1) is 6.61 Å². The third-order valence-corrected chi connectivity index (χ3v) is 2.63. The third-order valence-electron chi connectivity index (χ3n) is 2.63. The fraction of sp³-hybridized carbons (Fsp3) is 0.538. The van der Waals surface area contributed by atoms with Gasteiger partial charge in [0.2, 0.25) is 0 Å². The molecule has 1 aromatic rings. The standard InChI is InChI=1S/C13H20N2O2/c1-4-12(13(16)17-5-2)15(3)10-11-7-6-8-14-9-11/h6-9,12H,4-5,10H2,1-3H3. The minimum Gasteiger partial charge on any atom is -0.465 e. The highest BCUT2D eigenvalue weighted by molar-refractivity contribution is 5.75. The van der Waals surface area contributed by atoms with E-state index in [2.05, 4.69) is 4.98 Å². The van der Waals surface area contributed by atoms with E-state index in [0.29, 0.717) is 13.2 Å². The SMILES string of the molecule is CCOC(=O)C(CC)N(C)Cc1cccnc1. The Morgan fingerprint density at radius 2 is 2.29 bits per heavy atom. The van der Waals surface area contributed by atoms with Crippen LogP contribution in [0.3, 0.4) is 0 Å². The number of carbonyl (C=O) groups is 1. The Bertz CT molecular complexity index is 341. The molecule has 94 valence electrons. The van der Waals surface area contributed by atoms with Gasteiger partial charge in [-0.15, -0.1) is 0 Å². The van der Waals surface area contributed by atoms with Crippen molar-refractivity contribution in [2.75, 3.05) is 13.7 Å². The number of esters is 1. The minimum atomic E-state index is -0.185. The highest BCUT2D eigenvalue weighted by atomic mass is 16.5. The number of hydrogen-bond donors (Lipinski definition) is 0. The number of ether oxygens (including phenoxy) is 1. The molecule has 4 nitrogen and oxygen atoms in total. The Kier molecular flexibility index (Phi) is 5.63. The van der Waals surface area contributed by atoms with E-state index >= 15 is 0 Å². The zero-order valence-electron chi connectivity index (χ0n) is 10.7. The zero-order chi connectivity index (χ0) is 12.7. The van der Waals surface area contributed by atoms with Crippen LogP contribution >= 0.6 is 0 Å². The lowest BCUT2D eigenvalue weighted by Gasteiger charge is -2.25. The fourth-order valence-corrected chi connectivity index (χ4v) is 1.79. The van der Waals surface area contributed by atoms with Crippen LogP contribution < -0.4 is 0 Å². The van der Waals surface area contributed by atoms with E-state index in [1.54, 1.807) is 6.20 Å². The Morgan fingerprint density at radius 3 is 2.82 bits per heavy atom. The molecule has 1 atom stereocenters. The Hall–Kier alpha value is -1.42. The maximum atomic E-state index is 11.7. The van der Waals surface area contributed by atoms with Crippen LogP contribution in [-0.2, 0) is 16.1 Å². The van der Waals surface area contributed by atoms with Crippen molar-refractivity contribution in [1.29, 1.82) is 0 Å². The summed E-state index contributed by atoms with van der Waals surface area (Å²) in [4.78, 5) is 17.8. The monoisotopic (exact) mass is 236 g/mol. The molecule has 0 fully saturated rings. The maximum absolute atomic E-state index is 11.7. The number of aromatic nitrogens is 1.